The van der Waals surface area contributed by atoms with Gasteiger partial charge in [0.2, 0.25) is 11.0 Å². The maximum atomic E-state index is 11.9. The van der Waals surface area contributed by atoms with Crippen molar-refractivity contribution in [3.8, 4) is 0 Å². The molecule has 1 aromatic carbocycles. The van der Waals surface area contributed by atoms with Gasteiger partial charge >= 0.3 is 0 Å². The fourth-order valence-corrected chi connectivity index (χ4v) is 3.56. The van der Waals surface area contributed by atoms with Crippen molar-refractivity contribution in [3.63, 3.8) is 0 Å². The van der Waals surface area contributed by atoms with E-state index in [1.807, 2.05) is 32.0 Å². The van der Waals surface area contributed by atoms with Crippen molar-refractivity contribution in [3.05, 3.63) is 35.9 Å². The highest BCUT2D eigenvalue weighted by atomic mass is 35.5. The largest absolute Gasteiger partial charge is 0.320 e. The predicted molar refractivity (Wildman–Crippen MR) is 99.2 cm³/mol. The molecule has 8 heteroatoms. The molecule has 126 valence electrons. The van der Waals surface area contributed by atoms with E-state index < -0.39 is 6.04 Å². The van der Waals surface area contributed by atoms with E-state index in [0.29, 0.717) is 17.5 Å². The molecular formula is C15H21ClN4OS2. The Hall–Kier alpha value is -1.15. The molecule has 1 heterocycles. The molecule has 1 atom stereocenters. The molecule has 1 amide bonds. The zero-order chi connectivity index (χ0) is 15.9. The Morgan fingerprint density at radius 1 is 1.30 bits per heavy atom. The van der Waals surface area contributed by atoms with Crippen molar-refractivity contribution >= 4 is 46.5 Å². The lowest BCUT2D eigenvalue weighted by Gasteiger charge is -2.12. The number of hydrogen-bond acceptors (Lipinski definition) is 6. The first kappa shape index (κ1) is 19.9. The number of aromatic nitrogens is 2. The molecule has 23 heavy (non-hydrogen) atoms. The van der Waals surface area contributed by atoms with Crippen LogP contribution in [0.15, 0.2) is 34.7 Å². The molecule has 0 saturated heterocycles. The lowest BCUT2D eigenvalue weighted by atomic mass is 10.0. The summed E-state index contributed by atoms with van der Waals surface area (Å²) in [7, 11) is 0. The Balaban J connectivity index is 0.00000264. The smallest absolute Gasteiger partial charge is 0.243 e. The van der Waals surface area contributed by atoms with E-state index in [1.54, 1.807) is 11.8 Å². The molecule has 0 fully saturated rings. The van der Waals surface area contributed by atoms with E-state index in [2.05, 4.69) is 27.6 Å². The first-order chi connectivity index (χ1) is 10.5. The highest BCUT2D eigenvalue weighted by Crippen LogP contribution is 2.28. The van der Waals surface area contributed by atoms with Crippen LogP contribution in [0.25, 0.3) is 0 Å². The Bertz CT molecular complexity index is 607. The summed E-state index contributed by atoms with van der Waals surface area (Å²) in [5.74, 6) is 1.01. The average molecular weight is 373 g/mol. The zero-order valence-electron chi connectivity index (χ0n) is 13.1. The zero-order valence-corrected chi connectivity index (χ0v) is 15.5. The van der Waals surface area contributed by atoms with E-state index in [9.17, 15) is 4.79 Å². The Morgan fingerprint density at radius 3 is 2.65 bits per heavy atom. The van der Waals surface area contributed by atoms with Crippen LogP contribution in [0.5, 0.6) is 0 Å². The number of hydrogen-bond donors (Lipinski definition) is 2. The van der Waals surface area contributed by atoms with E-state index >= 15 is 0 Å². The topological polar surface area (TPSA) is 80.9 Å². The van der Waals surface area contributed by atoms with Crippen LogP contribution in [-0.2, 0) is 10.5 Å². The second-order valence-electron chi connectivity index (χ2n) is 5.37. The molecule has 5 nitrogen and oxygen atoms in total. The molecule has 2 rings (SSSR count). The van der Waals surface area contributed by atoms with Gasteiger partial charge in [-0.3, -0.25) is 10.1 Å². The highest BCUT2D eigenvalue weighted by Gasteiger charge is 2.17. The third-order valence-electron chi connectivity index (χ3n) is 2.90. The van der Waals surface area contributed by atoms with Crippen LogP contribution in [0.1, 0.15) is 25.8 Å². The molecular weight excluding hydrogens is 352 g/mol. The average Bonchev–Trinajstić information content (AvgIpc) is 2.93. The second kappa shape index (κ2) is 9.87. The Labute approximate surface area is 150 Å². The van der Waals surface area contributed by atoms with Crippen molar-refractivity contribution in [1.82, 2.24) is 10.2 Å². The molecule has 0 aliphatic heterocycles. The normalized spacial score (nSPS) is 11.8. The van der Waals surface area contributed by atoms with E-state index in [0.717, 1.165) is 10.1 Å². The van der Waals surface area contributed by atoms with Crippen LogP contribution in [0.4, 0.5) is 5.13 Å². The number of nitrogens with two attached hydrogens (primary N) is 1. The maximum absolute atomic E-state index is 11.9. The van der Waals surface area contributed by atoms with Gasteiger partial charge in [-0.15, -0.1) is 22.6 Å². The quantitative estimate of drug-likeness (QED) is 0.573. The van der Waals surface area contributed by atoms with Gasteiger partial charge in [-0.1, -0.05) is 67.3 Å². The minimum absolute atomic E-state index is 0. The van der Waals surface area contributed by atoms with Gasteiger partial charge in [-0.25, -0.2) is 0 Å². The molecule has 0 saturated carbocycles. The summed E-state index contributed by atoms with van der Waals surface area (Å²) in [6, 6.07) is 9.65. The van der Waals surface area contributed by atoms with Gasteiger partial charge in [0.05, 0.1) is 6.04 Å². The van der Waals surface area contributed by atoms with Gasteiger partial charge in [-0.05, 0) is 17.9 Å². The summed E-state index contributed by atoms with van der Waals surface area (Å²) in [5.41, 5.74) is 7.08. The molecule has 0 bridgehead atoms. The van der Waals surface area contributed by atoms with E-state index in [1.165, 1.54) is 16.9 Å². The van der Waals surface area contributed by atoms with Crippen molar-refractivity contribution in [2.45, 2.75) is 36.4 Å². The first-order valence-corrected chi connectivity index (χ1v) is 8.91. The van der Waals surface area contributed by atoms with Crippen molar-refractivity contribution in [2.24, 2.45) is 11.7 Å². The second-order valence-corrected chi connectivity index (χ2v) is 7.57. The van der Waals surface area contributed by atoms with Crippen molar-refractivity contribution in [2.75, 3.05) is 5.32 Å². The summed E-state index contributed by atoms with van der Waals surface area (Å²) in [4.78, 5) is 11.9. The van der Waals surface area contributed by atoms with Gasteiger partial charge < -0.3 is 5.73 Å². The summed E-state index contributed by atoms with van der Waals surface area (Å²) in [5, 5.41) is 11.3. The van der Waals surface area contributed by atoms with Crippen LogP contribution in [-0.4, -0.2) is 22.1 Å². The van der Waals surface area contributed by atoms with Gasteiger partial charge in [0, 0.05) is 5.75 Å². The number of halogens is 1. The Kier molecular flexibility index (Phi) is 8.54. The number of thioether (sulfide) groups is 1. The first-order valence-electron chi connectivity index (χ1n) is 7.11. The maximum Gasteiger partial charge on any atom is 0.243 e. The SMILES string of the molecule is CC(C)C[C@H](N)C(=O)Nc1nnc(SCc2ccccc2)s1.Cl. The lowest BCUT2D eigenvalue weighted by Crippen LogP contribution is -2.36. The minimum atomic E-state index is -0.510. The molecule has 0 aliphatic carbocycles. The summed E-state index contributed by atoms with van der Waals surface area (Å²) in [6.07, 6.45) is 0.653. The molecule has 3 N–H and O–H groups in total. The minimum Gasteiger partial charge on any atom is -0.320 e. The monoisotopic (exact) mass is 372 g/mol. The number of amides is 1. The van der Waals surface area contributed by atoms with Crippen LogP contribution < -0.4 is 11.1 Å². The van der Waals surface area contributed by atoms with E-state index in [4.69, 9.17) is 5.73 Å². The predicted octanol–water partition coefficient (Wildman–Crippen LogP) is 3.56. The highest BCUT2D eigenvalue weighted by molar-refractivity contribution is 8.00. The third kappa shape index (κ3) is 6.87. The molecule has 0 aliphatic rings. The number of carbonyl (C=O) groups excluding carboxylic acids is 1. The number of rotatable bonds is 7. The van der Waals surface area contributed by atoms with Crippen LogP contribution in [0, 0.1) is 5.92 Å². The van der Waals surface area contributed by atoms with Crippen LogP contribution >= 0.6 is 35.5 Å². The number of carbonyl (C=O) groups is 1. The van der Waals surface area contributed by atoms with Gasteiger partial charge in [0.1, 0.15) is 0 Å². The summed E-state index contributed by atoms with van der Waals surface area (Å²) in [6.45, 7) is 4.08. The molecule has 0 spiro atoms. The third-order valence-corrected chi connectivity index (χ3v) is 4.95. The number of nitrogens with zero attached hydrogens (tertiary/aromatic N) is 2. The summed E-state index contributed by atoms with van der Waals surface area (Å²) >= 11 is 2.97. The molecule has 2 aromatic rings. The number of nitrogens with one attached hydrogen (secondary N) is 1. The lowest BCUT2D eigenvalue weighted by molar-refractivity contribution is -0.117. The molecule has 1 aromatic heterocycles. The van der Waals surface area contributed by atoms with Gasteiger partial charge in [0.25, 0.3) is 0 Å². The standard InChI is InChI=1S/C15H20N4OS2.ClH/c1-10(2)8-12(16)13(20)17-14-18-19-15(22-14)21-9-11-6-4-3-5-7-11;/h3-7,10,12H,8-9,16H2,1-2H3,(H,17,18,20);1H/t12-;/m0./s1. The van der Waals surface area contributed by atoms with E-state index in [-0.39, 0.29) is 18.3 Å². The van der Waals surface area contributed by atoms with Crippen molar-refractivity contribution < 1.29 is 4.79 Å². The fraction of sp³-hybridized carbons (Fsp3) is 0.400. The number of anilines is 1. The summed E-state index contributed by atoms with van der Waals surface area (Å²) < 4.78 is 0.830. The molecule has 0 unspecified atom stereocenters. The van der Waals surface area contributed by atoms with Gasteiger partial charge in [-0.2, -0.15) is 0 Å². The van der Waals surface area contributed by atoms with Crippen LogP contribution in [0.3, 0.4) is 0 Å². The van der Waals surface area contributed by atoms with Crippen LogP contribution in [0.2, 0.25) is 0 Å². The molecule has 0 radical (unpaired) electrons. The number of benzene rings is 1. The Morgan fingerprint density at radius 2 is 2.00 bits per heavy atom. The van der Waals surface area contributed by atoms with Gasteiger partial charge in [0.15, 0.2) is 4.34 Å². The fourth-order valence-electron chi connectivity index (χ4n) is 1.85. The van der Waals surface area contributed by atoms with Crippen molar-refractivity contribution in [1.29, 1.82) is 0 Å².